The Balaban J connectivity index is 1.72. The molecule has 3 aromatic rings. The third-order valence-electron chi connectivity index (χ3n) is 4.33. The Labute approximate surface area is 185 Å². The molecule has 2 aromatic carbocycles. The third kappa shape index (κ3) is 4.97. The highest BCUT2D eigenvalue weighted by molar-refractivity contribution is 6.02. The van der Waals surface area contributed by atoms with Crippen molar-refractivity contribution < 1.29 is 54.2 Å². The van der Waals surface area contributed by atoms with E-state index in [9.17, 15) is 40.3 Å². The van der Waals surface area contributed by atoms with Crippen LogP contribution < -0.4 is 10.1 Å². The molecule has 13 heteroatoms. The van der Waals surface area contributed by atoms with E-state index in [2.05, 4.69) is 4.74 Å². The third-order valence-corrected chi connectivity index (χ3v) is 4.33. The molecule has 0 aliphatic carbocycles. The molecule has 0 bridgehead atoms. The molecular formula is C21H12F7NO5. The number of hydrogen-bond acceptors (Lipinski definition) is 5. The Bertz CT molecular complexity index is 1210. The summed E-state index contributed by atoms with van der Waals surface area (Å²) >= 11 is 0. The molecule has 6 nitrogen and oxygen atoms in total. The van der Waals surface area contributed by atoms with Gasteiger partial charge >= 0.3 is 12.1 Å². The Kier molecular flexibility index (Phi) is 6.84. The maximum atomic E-state index is 13.9. The lowest BCUT2D eigenvalue weighted by molar-refractivity contribution is -0.143. The summed E-state index contributed by atoms with van der Waals surface area (Å²) in [7, 11) is 1.21. The molecule has 0 atom stereocenters. The molecule has 0 fully saturated rings. The molecule has 1 amide bonds. The molecule has 34 heavy (non-hydrogen) atoms. The van der Waals surface area contributed by atoms with Crippen LogP contribution in [0.5, 0.6) is 5.75 Å². The van der Waals surface area contributed by atoms with Crippen LogP contribution in [0.4, 0.5) is 36.4 Å². The molecule has 1 aromatic heterocycles. The van der Waals surface area contributed by atoms with Crippen molar-refractivity contribution >= 4 is 17.6 Å². The number of halogens is 7. The molecule has 0 unspecified atom stereocenters. The van der Waals surface area contributed by atoms with Gasteiger partial charge in [-0.15, -0.1) is 0 Å². The first kappa shape index (κ1) is 24.6. The average molecular weight is 491 g/mol. The Hall–Kier alpha value is -4.03. The molecule has 0 aliphatic heterocycles. The van der Waals surface area contributed by atoms with Crippen LogP contribution in [0.2, 0.25) is 0 Å². The van der Waals surface area contributed by atoms with Crippen molar-refractivity contribution in [3.63, 3.8) is 0 Å². The van der Waals surface area contributed by atoms with Gasteiger partial charge in [0.2, 0.25) is 0 Å². The predicted molar refractivity (Wildman–Crippen MR) is 100 cm³/mol. The maximum absolute atomic E-state index is 13.9. The molecule has 1 N–H and O–H groups in total. The van der Waals surface area contributed by atoms with Crippen LogP contribution in [0.25, 0.3) is 0 Å². The lowest BCUT2D eigenvalue weighted by Crippen LogP contribution is -2.20. The minimum Gasteiger partial charge on any atom is -0.486 e. The fraction of sp³-hybridized carbons (Fsp3) is 0.143. The molecule has 3 rings (SSSR count). The number of carbonyl (C=O) groups excluding carboxylic acids is 2. The number of esters is 1. The zero-order valence-corrected chi connectivity index (χ0v) is 16.9. The zero-order chi connectivity index (χ0) is 25.2. The van der Waals surface area contributed by atoms with Crippen molar-refractivity contribution in [1.82, 2.24) is 0 Å². The number of carbonyl (C=O) groups is 2. The zero-order valence-electron chi connectivity index (χ0n) is 16.9. The normalized spacial score (nSPS) is 11.3. The molecule has 0 radical (unpaired) electrons. The first-order chi connectivity index (χ1) is 15.9. The summed E-state index contributed by atoms with van der Waals surface area (Å²) in [5.41, 5.74) is -4.26. The van der Waals surface area contributed by atoms with E-state index >= 15 is 0 Å². The van der Waals surface area contributed by atoms with Crippen molar-refractivity contribution in [3.05, 3.63) is 82.3 Å². The van der Waals surface area contributed by atoms with Crippen LogP contribution in [0, 0.1) is 23.3 Å². The fourth-order valence-electron chi connectivity index (χ4n) is 2.70. The van der Waals surface area contributed by atoms with Gasteiger partial charge in [-0.3, -0.25) is 4.79 Å². The van der Waals surface area contributed by atoms with E-state index in [1.807, 2.05) is 0 Å². The molecule has 0 spiro atoms. The maximum Gasteiger partial charge on any atom is 0.422 e. The number of hydrogen-bond donors (Lipinski definition) is 1. The highest BCUT2D eigenvalue weighted by Gasteiger charge is 2.42. The van der Waals surface area contributed by atoms with Crippen LogP contribution >= 0.6 is 0 Å². The number of ether oxygens (including phenoxy) is 2. The van der Waals surface area contributed by atoms with Gasteiger partial charge in [0.15, 0.2) is 29.0 Å². The van der Waals surface area contributed by atoms with Crippen LogP contribution in [0.1, 0.15) is 32.2 Å². The Morgan fingerprint density at radius 3 is 2.03 bits per heavy atom. The van der Waals surface area contributed by atoms with Gasteiger partial charge in [-0.2, -0.15) is 13.2 Å². The standard InChI is InChI=1S/C21H12F7NO5/c1-32-20(31)9-2-4-10(5-3-9)33-8-11-6-7-12(34-11)19(30)29-18-16(24)14(22)13(21(26,27)28)15(23)17(18)25/h2-7H,8H2,1H3,(H,29,30). The van der Waals surface area contributed by atoms with E-state index in [1.165, 1.54) is 42.8 Å². The Morgan fingerprint density at radius 2 is 1.50 bits per heavy atom. The summed E-state index contributed by atoms with van der Waals surface area (Å²) in [6, 6.07) is 8.00. The fourth-order valence-corrected chi connectivity index (χ4v) is 2.70. The summed E-state index contributed by atoms with van der Waals surface area (Å²) in [6.45, 7) is -0.239. The van der Waals surface area contributed by atoms with Crippen LogP contribution in [0.3, 0.4) is 0 Å². The lowest BCUT2D eigenvalue weighted by Gasteiger charge is -2.14. The number of furan rings is 1. The van der Waals surface area contributed by atoms with Crippen molar-refractivity contribution in [2.45, 2.75) is 12.8 Å². The van der Waals surface area contributed by atoms with E-state index in [1.54, 1.807) is 0 Å². The van der Waals surface area contributed by atoms with Crippen LogP contribution in [-0.4, -0.2) is 19.0 Å². The summed E-state index contributed by atoms with van der Waals surface area (Å²) in [5, 5.41) is 1.45. The minimum atomic E-state index is -5.71. The summed E-state index contributed by atoms with van der Waals surface area (Å²) in [5.74, 6) is -12.5. The highest BCUT2D eigenvalue weighted by Crippen LogP contribution is 2.38. The average Bonchev–Trinajstić information content (AvgIpc) is 3.27. The SMILES string of the molecule is COC(=O)c1ccc(OCc2ccc(C(=O)Nc3c(F)c(F)c(C(F)(F)F)c(F)c3F)o2)cc1. The minimum absolute atomic E-state index is 0.0351. The van der Waals surface area contributed by atoms with Crippen molar-refractivity contribution in [2.24, 2.45) is 0 Å². The second kappa shape index (κ2) is 9.45. The lowest BCUT2D eigenvalue weighted by atomic mass is 10.1. The Morgan fingerprint density at radius 1 is 0.912 bits per heavy atom. The van der Waals surface area contributed by atoms with Crippen molar-refractivity contribution in [2.75, 3.05) is 12.4 Å². The van der Waals surface area contributed by atoms with E-state index in [0.29, 0.717) is 5.75 Å². The van der Waals surface area contributed by atoms with E-state index in [-0.39, 0.29) is 17.9 Å². The van der Waals surface area contributed by atoms with Gasteiger partial charge in [0.1, 0.15) is 29.4 Å². The second-order valence-electron chi connectivity index (χ2n) is 6.53. The number of rotatable bonds is 6. The van der Waals surface area contributed by atoms with E-state index < -0.39 is 58.3 Å². The molecule has 0 aliphatic rings. The molecule has 0 saturated heterocycles. The van der Waals surface area contributed by atoms with Gasteiger partial charge in [-0.05, 0) is 36.4 Å². The molecule has 0 saturated carbocycles. The number of alkyl halides is 3. The van der Waals surface area contributed by atoms with Crippen LogP contribution in [-0.2, 0) is 17.5 Å². The molecular weight excluding hydrogens is 479 g/mol. The largest absolute Gasteiger partial charge is 0.486 e. The number of nitrogens with one attached hydrogen (secondary N) is 1. The summed E-state index contributed by atoms with van der Waals surface area (Å²) in [4.78, 5) is 23.5. The topological polar surface area (TPSA) is 77.8 Å². The monoisotopic (exact) mass is 491 g/mol. The van der Waals surface area contributed by atoms with Gasteiger partial charge in [0.25, 0.3) is 5.91 Å². The first-order valence-electron chi connectivity index (χ1n) is 9.08. The smallest absolute Gasteiger partial charge is 0.422 e. The highest BCUT2D eigenvalue weighted by atomic mass is 19.4. The summed E-state index contributed by atoms with van der Waals surface area (Å²) < 4.78 is 108. The van der Waals surface area contributed by atoms with Gasteiger partial charge in [0, 0.05) is 0 Å². The second-order valence-corrected chi connectivity index (χ2v) is 6.53. The number of methoxy groups -OCH3 is 1. The molecule has 1 heterocycles. The number of anilines is 1. The van der Waals surface area contributed by atoms with Gasteiger partial charge in [-0.1, -0.05) is 0 Å². The van der Waals surface area contributed by atoms with Gasteiger partial charge in [-0.25, -0.2) is 22.4 Å². The van der Waals surface area contributed by atoms with E-state index in [0.717, 1.165) is 6.07 Å². The van der Waals surface area contributed by atoms with Crippen molar-refractivity contribution in [1.29, 1.82) is 0 Å². The van der Waals surface area contributed by atoms with Gasteiger partial charge < -0.3 is 19.2 Å². The summed E-state index contributed by atoms with van der Waals surface area (Å²) in [6.07, 6.45) is -5.71. The van der Waals surface area contributed by atoms with Gasteiger partial charge in [0.05, 0.1) is 12.7 Å². The molecule has 180 valence electrons. The number of benzene rings is 2. The number of amides is 1. The van der Waals surface area contributed by atoms with E-state index in [4.69, 9.17) is 9.15 Å². The first-order valence-corrected chi connectivity index (χ1v) is 9.08. The van der Waals surface area contributed by atoms with Crippen molar-refractivity contribution in [3.8, 4) is 5.75 Å². The van der Waals surface area contributed by atoms with Crippen LogP contribution in [0.15, 0.2) is 40.8 Å². The predicted octanol–water partition coefficient (Wildman–Crippen LogP) is 5.47. The quantitative estimate of drug-likeness (QED) is 0.281.